The average molecular weight is 235 g/mol. The van der Waals surface area contributed by atoms with E-state index in [0.29, 0.717) is 11.3 Å². The van der Waals surface area contributed by atoms with Crippen LogP contribution in [0.15, 0.2) is 24.3 Å². The summed E-state index contributed by atoms with van der Waals surface area (Å²) in [5.41, 5.74) is 6.39. The summed E-state index contributed by atoms with van der Waals surface area (Å²) in [4.78, 5) is 24.8. The van der Waals surface area contributed by atoms with Crippen LogP contribution in [0.4, 0.5) is 5.69 Å². The maximum atomic E-state index is 11.9. The number of hydrogen-bond acceptors (Lipinski definition) is 3. The van der Waals surface area contributed by atoms with Crippen molar-refractivity contribution < 1.29 is 9.59 Å². The summed E-state index contributed by atoms with van der Waals surface area (Å²) in [5, 5.41) is 2.63. The van der Waals surface area contributed by atoms with E-state index in [4.69, 9.17) is 5.73 Å². The molecular weight excluding hydrogens is 218 g/mol. The fraction of sp³-hybridized carbons (Fsp3) is 0.333. The van der Waals surface area contributed by atoms with Crippen molar-refractivity contribution in [3.8, 4) is 0 Å². The Bertz CT molecular complexity index is 428. The van der Waals surface area contributed by atoms with Crippen molar-refractivity contribution in [3.63, 3.8) is 0 Å². The first-order valence-electron chi connectivity index (χ1n) is 5.30. The number of carbonyl (C=O) groups excluding carboxylic acids is 2. The van der Waals surface area contributed by atoms with Crippen molar-refractivity contribution in [2.45, 2.75) is 13.0 Å². The topological polar surface area (TPSA) is 75.4 Å². The molecular formula is C12H17N3O2. The van der Waals surface area contributed by atoms with Crippen LogP contribution in [0.2, 0.25) is 0 Å². The molecule has 0 saturated carbocycles. The van der Waals surface area contributed by atoms with Gasteiger partial charge in [0.05, 0.1) is 17.3 Å². The quantitative estimate of drug-likeness (QED) is 0.808. The number of anilines is 1. The standard InChI is InChI=1S/C12H17N3O2/c1-8(13)11(16)14-10-7-5-4-6-9(10)12(17)15(2)3/h4-8H,13H2,1-3H3,(H,14,16)/t8-/m1/s1. The minimum atomic E-state index is -0.613. The third-order valence-corrected chi connectivity index (χ3v) is 2.24. The van der Waals surface area contributed by atoms with Crippen LogP contribution in [0.3, 0.4) is 0 Å². The molecule has 1 rings (SSSR count). The Morgan fingerprint density at radius 2 is 1.88 bits per heavy atom. The minimum Gasteiger partial charge on any atom is -0.345 e. The van der Waals surface area contributed by atoms with Crippen LogP contribution in [-0.2, 0) is 4.79 Å². The number of nitrogens with one attached hydrogen (secondary N) is 1. The molecule has 0 bridgehead atoms. The lowest BCUT2D eigenvalue weighted by Crippen LogP contribution is -2.33. The van der Waals surface area contributed by atoms with Gasteiger partial charge in [-0.2, -0.15) is 0 Å². The van der Waals surface area contributed by atoms with Crippen LogP contribution in [0, 0.1) is 0 Å². The molecule has 0 radical (unpaired) electrons. The summed E-state index contributed by atoms with van der Waals surface area (Å²) in [6.07, 6.45) is 0. The first kappa shape index (κ1) is 13.2. The van der Waals surface area contributed by atoms with Gasteiger partial charge in [0, 0.05) is 14.1 Å². The molecule has 0 heterocycles. The number of amides is 2. The lowest BCUT2D eigenvalue weighted by atomic mass is 10.1. The second-order valence-corrected chi connectivity index (χ2v) is 4.02. The van der Waals surface area contributed by atoms with E-state index in [2.05, 4.69) is 5.32 Å². The molecule has 1 atom stereocenters. The van der Waals surface area contributed by atoms with Gasteiger partial charge in [-0.05, 0) is 19.1 Å². The van der Waals surface area contributed by atoms with Crippen LogP contribution in [0.1, 0.15) is 17.3 Å². The van der Waals surface area contributed by atoms with Crippen molar-refractivity contribution >= 4 is 17.5 Å². The Kier molecular flexibility index (Phi) is 4.23. The van der Waals surface area contributed by atoms with Crippen LogP contribution >= 0.6 is 0 Å². The molecule has 2 amide bonds. The lowest BCUT2D eigenvalue weighted by molar-refractivity contribution is -0.117. The number of hydrogen-bond donors (Lipinski definition) is 2. The first-order chi connectivity index (χ1) is 7.93. The highest BCUT2D eigenvalue weighted by atomic mass is 16.2. The van der Waals surface area contributed by atoms with Crippen molar-refractivity contribution in [1.82, 2.24) is 4.90 Å². The van der Waals surface area contributed by atoms with Gasteiger partial charge in [-0.15, -0.1) is 0 Å². The van der Waals surface area contributed by atoms with E-state index in [0.717, 1.165) is 0 Å². The number of carbonyl (C=O) groups is 2. The summed E-state index contributed by atoms with van der Waals surface area (Å²) >= 11 is 0. The van der Waals surface area contributed by atoms with Crippen molar-refractivity contribution in [2.75, 3.05) is 19.4 Å². The molecule has 5 nitrogen and oxygen atoms in total. The third-order valence-electron chi connectivity index (χ3n) is 2.24. The van der Waals surface area contributed by atoms with Gasteiger partial charge in [0.2, 0.25) is 5.91 Å². The van der Waals surface area contributed by atoms with Gasteiger partial charge in [0.15, 0.2) is 0 Å². The number of nitrogens with two attached hydrogens (primary N) is 1. The highest BCUT2D eigenvalue weighted by Crippen LogP contribution is 2.16. The van der Waals surface area contributed by atoms with Crippen LogP contribution in [0.5, 0.6) is 0 Å². The maximum Gasteiger partial charge on any atom is 0.255 e. The number of rotatable bonds is 3. The normalized spacial score (nSPS) is 11.8. The highest BCUT2D eigenvalue weighted by molar-refractivity contribution is 6.04. The number of nitrogens with zero attached hydrogens (tertiary/aromatic N) is 1. The molecule has 1 aromatic carbocycles. The predicted molar refractivity (Wildman–Crippen MR) is 66.7 cm³/mol. The van der Waals surface area contributed by atoms with E-state index < -0.39 is 6.04 Å². The van der Waals surface area contributed by atoms with Gasteiger partial charge in [0.1, 0.15) is 0 Å². The fourth-order valence-electron chi connectivity index (χ4n) is 1.27. The molecule has 92 valence electrons. The molecule has 0 aliphatic heterocycles. The summed E-state index contributed by atoms with van der Waals surface area (Å²) in [5.74, 6) is -0.477. The summed E-state index contributed by atoms with van der Waals surface area (Å²) in [7, 11) is 3.32. The van der Waals surface area contributed by atoms with Gasteiger partial charge in [-0.3, -0.25) is 9.59 Å². The highest BCUT2D eigenvalue weighted by Gasteiger charge is 2.15. The Morgan fingerprint density at radius 1 is 1.29 bits per heavy atom. The Morgan fingerprint density at radius 3 is 2.41 bits per heavy atom. The number of para-hydroxylation sites is 1. The maximum absolute atomic E-state index is 11.9. The SMILES string of the molecule is C[C@@H](N)C(=O)Nc1ccccc1C(=O)N(C)C. The molecule has 0 aliphatic rings. The monoisotopic (exact) mass is 235 g/mol. The molecule has 0 spiro atoms. The Hall–Kier alpha value is -1.88. The van der Waals surface area contributed by atoms with Gasteiger partial charge in [-0.25, -0.2) is 0 Å². The molecule has 0 fully saturated rings. The molecule has 0 aliphatic carbocycles. The predicted octanol–water partition coefficient (Wildman–Crippen LogP) is 0.674. The Labute approximate surface area is 101 Å². The zero-order valence-electron chi connectivity index (χ0n) is 10.2. The Balaban J connectivity index is 3.00. The molecule has 17 heavy (non-hydrogen) atoms. The second-order valence-electron chi connectivity index (χ2n) is 4.02. The zero-order valence-corrected chi connectivity index (χ0v) is 10.2. The summed E-state index contributed by atoms with van der Waals surface area (Å²) in [6, 6.07) is 6.23. The van der Waals surface area contributed by atoms with Crippen LogP contribution in [-0.4, -0.2) is 36.9 Å². The van der Waals surface area contributed by atoms with Crippen molar-refractivity contribution in [1.29, 1.82) is 0 Å². The van der Waals surface area contributed by atoms with Crippen molar-refractivity contribution in [2.24, 2.45) is 5.73 Å². The van der Waals surface area contributed by atoms with Crippen molar-refractivity contribution in [3.05, 3.63) is 29.8 Å². The largest absolute Gasteiger partial charge is 0.345 e. The first-order valence-corrected chi connectivity index (χ1v) is 5.30. The molecule has 0 aromatic heterocycles. The lowest BCUT2D eigenvalue weighted by Gasteiger charge is -2.15. The molecule has 3 N–H and O–H groups in total. The van der Waals surface area contributed by atoms with Gasteiger partial charge in [0.25, 0.3) is 5.91 Å². The summed E-state index contributed by atoms with van der Waals surface area (Å²) < 4.78 is 0. The second kappa shape index (κ2) is 5.45. The van der Waals surface area contributed by atoms with Crippen LogP contribution < -0.4 is 11.1 Å². The van der Waals surface area contributed by atoms with Gasteiger partial charge in [-0.1, -0.05) is 12.1 Å². The number of benzene rings is 1. The van der Waals surface area contributed by atoms with Crippen LogP contribution in [0.25, 0.3) is 0 Å². The van der Waals surface area contributed by atoms with E-state index >= 15 is 0 Å². The van der Waals surface area contributed by atoms with E-state index in [1.807, 2.05) is 0 Å². The van der Waals surface area contributed by atoms with E-state index in [1.165, 1.54) is 4.90 Å². The fourth-order valence-corrected chi connectivity index (χ4v) is 1.27. The third kappa shape index (κ3) is 3.29. The van der Waals surface area contributed by atoms with E-state index in [9.17, 15) is 9.59 Å². The molecule has 0 saturated heterocycles. The summed E-state index contributed by atoms with van der Waals surface area (Å²) in [6.45, 7) is 1.59. The van der Waals surface area contributed by atoms with Gasteiger partial charge >= 0.3 is 0 Å². The molecule has 0 unspecified atom stereocenters. The smallest absolute Gasteiger partial charge is 0.255 e. The average Bonchev–Trinajstić information content (AvgIpc) is 2.28. The van der Waals surface area contributed by atoms with E-state index in [1.54, 1.807) is 45.3 Å². The molecule has 5 heteroatoms. The zero-order chi connectivity index (χ0) is 13.0. The molecule has 1 aromatic rings. The minimum absolute atomic E-state index is 0.162. The van der Waals surface area contributed by atoms with E-state index in [-0.39, 0.29) is 11.8 Å². The van der Waals surface area contributed by atoms with Gasteiger partial charge < -0.3 is 16.0 Å².